The number of hydrogen-bond donors (Lipinski definition) is 2. The third-order valence-electron chi connectivity index (χ3n) is 5.90. The number of carbonyl (C=O) groups excluding carboxylic acids is 1. The summed E-state index contributed by atoms with van der Waals surface area (Å²) in [6.45, 7) is 10.1. The van der Waals surface area contributed by atoms with E-state index in [2.05, 4.69) is 45.7 Å². The molecule has 0 radical (unpaired) electrons. The first-order chi connectivity index (χ1) is 16.0. The van der Waals surface area contributed by atoms with E-state index in [4.69, 9.17) is 5.73 Å². The highest BCUT2D eigenvalue weighted by molar-refractivity contribution is 7.18. The average Bonchev–Trinajstić information content (AvgIpc) is 3.20. The Kier molecular flexibility index (Phi) is 7.05. The number of carbonyl (C=O) groups is 1. The first kappa shape index (κ1) is 22.9. The molecule has 1 fully saturated rings. The average molecular weight is 466 g/mol. The van der Waals surface area contributed by atoms with Crippen molar-refractivity contribution < 1.29 is 9.18 Å². The molecule has 0 amide bonds. The number of benzene rings is 2. The van der Waals surface area contributed by atoms with E-state index in [1.165, 1.54) is 23.9 Å². The van der Waals surface area contributed by atoms with Crippen molar-refractivity contribution in [3.05, 3.63) is 77.4 Å². The summed E-state index contributed by atoms with van der Waals surface area (Å²) in [6.07, 6.45) is 3.12. The lowest BCUT2D eigenvalue weighted by Crippen LogP contribution is -2.49. The second-order valence-corrected chi connectivity index (χ2v) is 8.98. The van der Waals surface area contributed by atoms with E-state index >= 15 is 0 Å². The van der Waals surface area contributed by atoms with Crippen molar-refractivity contribution in [2.24, 2.45) is 0 Å². The molecule has 33 heavy (non-hydrogen) atoms. The number of rotatable bonds is 8. The second-order valence-electron chi connectivity index (χ2n) is 7.98. The Balaban J connectivity index is 1.39. The number of thiazole rings is 1. The van der Waals surface area contributed by atoms with E-state index in [1.54, 1.807) is 6.07 Å². The number of hydrogen-bond acceptors (Lipinski definition) is 7. The SMILES string of the molecule is C=CC(CC)N1CCN(c2ccc(Nc3nc(N)c(C(=O)c4cccc(F)c4)s3)cc2)CC1. The van der Waals surface area contributed by atoms with Gasteiger partial charge < -0.3 is 16.0 Å². The van der Waals surface area contributed by atoms with E-state index in [-0.39, 0.29) is 17.2 Å². The highest BCUT2D eigenvalue weighted by atomic mass is 32.1. The summed E-state index contributed by atoms with van der Waals surface area (Å²) in [5.74, 6) is -0.667. The van der Waals surface area contributed by atoms with Crippen molar-refractivity contribution in [3.8, 4) is 0 Å². The van der Waals surface area contributed by atoms with Crippen LogP contribution in [0.2, 0.25) is 0 Å². The summed E-state index contributed by atoms with van der Waals surface area (Å²) >= 11 is 1.16. The van der Waals surface area contributed by atoms with E-state index in [0.717, 1.165) is 49.6 Å². The molecule has 6 nitrogen and oxygen atoms in total. The van der Waals surface area contributed by atoms with Crippen LogP contribution in [0.3, 0.4) is 0 Å². The van der Waals surface area contributed by atoms with Gasteiger partial charge in [-0.15, -0.1) is 6.58 Å². The molecule has 1 saturated heterocycles. The number of halogens is 1. The molecule has 1 aliphatic rings. The molecule has 1 unspecified atom stereocenters. The first-order valence-electron chi connectivity index (χ1n) is 11.0. The van der Waals surface area contributed by atoms with Crippen LogP contribution in [0.5, 0.6) is 0 Å². The Morgan fingerprint density at radius 1 is 1.24 bits per heavy atom. The lowest BCUT2D eigenvalue weighted by molar-refractivity contribution is 0.104. The van der Waals surface area contributed by atoms with Crippen molar-refractivity contribution in [1.82, 2.24) is 9.88 Å². The van der Waals surface area contributed by atoms with Crippen LogP contribution in [0.4, 0.5) is 26.7 Å². The monoisotopic (exact) mass is 465 g/mol. The smallest absolute Gasteiger partial charge is 0.206 e. The Morgan fingerprint density at radius 2 is 1.97 bits per heavy atom. The maximum Gasteiger partial charge on any atom is 0.206 e. The van der Waals surface area contributed by atoms with Crippen molar-refractivity contribution in [2.45, 2.75) is 19.4 Å². The normalized spacial score (nSPS) is 15.3. The predicted octanol–water partition coefficient (Wildman–Crippen LogP) is 4.93. The quantitative estimate of drug-likeness (QED) is 0.363. The van der Waals surface area contributed by atoms with Gasteiger partial charge in [-0.25, -0.2) is 9.37 Å². The maximum atomic E-state index is 13.5. The molecule has 0 aliphatic carbocycles. The Hall–Kier alpha value is -3.23. The van der Waals surface area contributed by atoms with Crippen LogP contribution in [0.25, 0.3) is 0 Å². The van der Waals surface area contributed by atoms with Gasteiger partial charge in [0.25, 0.3) is 0 Å². The fourth-order valence-corrected chi connectivity index (χ4v) is 4.94. The molecule has 3 N–H and O–H groups in total. The predicted molar refractivity (Wildman–Crippen MR) is 134 cm³/mol. The van der Waals surface area contributed by atoms with Gasteiger partial charge in [0, 0.05) is 49.2 Å². The molecule has 1 aromatic heterocycles. The molecule has 0 saturated carbocycles. The highest BCUT2D eigenvalue weighted by Gasteiger charge is 2.21. The summed E-state index contributed by atoms with van der Waals surface area (Å²) in [6, 6.07) is 14.2. The van der Waals surface area contributed by atoms with Gasteiger partial charge in [-0.05, 0) is 42.8 Å². The number of nitrogens with one attached hydrogen (secondary N) is 1. The number of ketones is 1. The summed E-state index contributed by atoms with van der Waals surface area (Å²) in [5, 5.41) is 3.73. The Morgan fingerprint density at radius 3 is 2.61 bits per heavy atom. The topological polar surface area (TPSA) is 74.5 Å². The zero-order valence-electron chi connectivity index (χ0n) is 18.6. The van der Waals surface area contributed by atoms with Gasteiger partial charge in [0.15, 0.2) is 5.13 Å². The van der Waals surface area contributed by atoms with Gasteiger partial charge in [0.2, 0.25) is 5.78 Å². The molecule has 172 valence electrons. The summed E-state index contributed by atoms with van der Waals surface area (Å²) in [4.78, 5) is 22.1. The zero-order valence-corrected chi connectivity index (χ0v) is 19.4. The second kappa shape index (κ2) is 10.1. The molecular weight excluding hydrogens is 437 g/mol. The Labute approximate surface area is 197 Å². The molecule has 4 rings (SSSR count). The number of nitrogens with zero attached hydrogens (tertiary/aromatic N) is 3. The van der Waals surface area contributed by atoms with E-state index in [9.17, 15) is 9.18 Å². The van der Waals surface area contributed by atoms with Crippen LogP contribution >= 0.6 is 11.3 Å². The molecule has 2 heterocycles. The van der Waals surface area contributed by atoms with Crippen LogP contribution in [0.15, 0.2) is 61.2 Å². The number of nitrogens with two attached hydrogens (primary N) is 1. The van der Waals surface area contributed by atoms with Crippen LogP contribution in [-0.2, 0) is 0 Å². The number of anilines is 4. The largest absolute Gasteiger partial charge is 0.382 e. The van der Waals surface area contributed by atoms with E-state index in [1.807, 2.05) is 18.2 Å². The Bertz CT molecular complexity index is 1120. The standard InChI is InChI=1S/C25H28FN5OS/c1-3-20(4-2)30-12-14-31(15-13-30)21-10-8-19(9-11-21)28-25-29-24(27)23(33-25)22(32)17-6-5-7-18(26)16-17/h3,5-11,16,20H,1,4,12-15,27H2,2H3,(H,28,29). The lowest BCUT2D eigenvalue weighted by atomic mass is 10.1. The lowest BCUT2D eigenvalue weighted by Gasteiger charge is -2.39. The molecule has 0 bridgehead atoms. The van der Waals surface area contributed by atoms with Crippen molar-refractivity contribution >= 4 is 39.4 Å². The summed E-state index contributed by atoms with van der Waals surface area (Å²) < 4.78 is 13.5. The number of aromatic nitrogens is 1. The fourth-order valence-electron chi connectivity index (χ4n) is 4.07. The highest BCUT2D eigenvalue weighted by Crippen LogP contribution is 2.30. The van der Waals surface area contributed by atoms with Crippen molar-refractivity contribution in [3.63, 3.8) is 0 Å². The molecule has 1 atom stereocenters. The van der Waals surface area contributed by atoms with Crippen molar-refractivity contribution in [2.75, 3.05) is 42.1 Å². The van der Waals surface area contributed by atoms with Crippen LogP contribution in [0, 0.1) is 5.82 Å². The zero-order chi connectivity index (χ0) is 23.4. The summed E-state index contributed by atoms with van der Waals surface area (Å²) in [7, 11) is 0. The molecule has 3 aromatic rings. The third kappa shape index (κ3) is 5.23. The summed E-state index contributed by atoms with van der Waals surface area (Å²) in [5.41, 5.74) is 8.25. The third-order valence-corrected chi connectivity index (χ3v) is 6.89. The van der Waals surface area contributed by atoms with Gasteiger partial charge in [-0.3, -0.25) is 9.69 Å². The van der Waals surface area contributed by atoms with Gasteiger partial charge in [0.05, 0.1) is 0 Å². The number of nitrogen functional groups attached to an aromatic ring is 1. The number of piperazine rings is 1. The van der Waals surface area contributed by atoms with Gasteiger partial charge in [-0.1, -0.05) is 36.5 Å². The molecule has 8 heteroatoms. The minimum absolute atomic E-state index is 0.135. The fraction of sp³-hybridized carbons (Fsp3) is 0.280. The van der Waals surface area contributed by atoms with Gasteiger partial charge in [0.1, 0.15) is 16.5 Å². The van der Waals surface area contributed by atoms with Gasteiger partial charge in [-0.2, -0.15) is 0 Å². The van der Waals surface area contributed by atoms with E-state index < -0.39 is 5.82 Å². The minimum Gasteiger partial charge on any atom is -0.382 e. The first-order valence-corrected chi connectivity index (χ1v) is 11.9. The minimum atomic E-state index is -0.463. The molecule has 0 spiro atoms. The molecule has 2 aromatic carbocycles. The van der Waals surface area contributed by atoms with Crippen LogP contribution < -0.4 is 16.0 Å². The van der Waals surface area contributed by atoms with Gasteiger partial charge >= 0.3 is 0 Å². The molecular formula is C25H28FN5OS. The molecule has 1 aliphatic heterocycles. The van der Waals surface area contributed by atoms with Crippen molar-refractivity contribution in [1.29, 1.82) is 0 Å². The maximum absolute atomic E-state index is 13.5. The van der Waals surface area contributed by atoms with E-state index in [0.29, 0.717) is 16.1 Å². The van der Waals surface area contributed by atoms with Crippen LogP contribution in [-0.4, -0.2) is 47.9 Å². The van der Waals surface area contributed by atoms with Crippen LogP contribution in [0.1, 0.15) is 28.6 Å².